The summed E-state index contributed by atoms with van der Waals surface area (Å²) in [6, 6.07) is 2.53. The van der Waals surface area contributed by atoms with Gasteiger partial charge >= 0.3 is 6.18 Å². The molecular formula is C27H27F4N5O7S2. The van der Waals surface area contributed by atoms with Crippen molar-refractivity contribution in [2.75, 3.05) is 31.5 Å². The Morgan fingerprint density at radius 3 is 2.56 bits per heavy atom. The van der Waals surface area contributed by atoms with Crippen molar-refractivity contribution in [2.45, 2.75) is 43.9 Å². The first-order valence-electron chi connectivity index (χ1n) is 13.5. The van der Waals surface area contributed by atoms with E-state index in [-0.39, 0.29) is 31.3 Å². The third-order valence-corrected chi connectivity index (χ3v) is 9.13. The summed E-state index contributed by atoms with van der Waals surface area (Å²) >= 11 is 1.34. The van der Waals surface area contributed by atoms with Crippen molar-refractivity contribution in [2.24, 2.45) is 0 Å². The van der Waals surface area contributed by atoms with Gasteiger partial charge in [-0.25, -0.2) is 29.0 Å². The molecule has 5 rings (SSSR count). The molecule has 2 aromatic heterocycles. The lowest BCUT2D eigenvalue weighted by molar-refractivity contribution is -0.144. The van der Waals surface area contributed by atoms with Crippen molar-refractivity contribution in [1.29, 1.82) is 0 Å². The highest BCUT2D eigenvalue weighted by molar-refractivity contribution is 7.85. The van der Waals surface area contributed by atoms with E-state index in [1.54, 1.807) is 5.38 Å². The second kappa shape index (κ2) is 13.7. The number of ether oxygens (including phenoxy) is 1. The highest BCUT2D eigenvalue weighted by Gasteiger charge is 2.38. The molecule has 1 amide bonds. The topological polar surface area (TPSA) is 133 Å². The van der Waals surface area contributed by atoms with E-state index in [0.717, 1.165) is 28.7 Å². The molecule has 0 bridgehead atoms. The van der Waals surface area contributed by atoms with Crippen LogP contribution in [0.25, 0.3) is 0 Å². The van der Waals surface area contributed by atoms with Gasteiger partial charge in [0.15, 0.2) is 12.4 Å². The Kier molecular flexibility index (Phi) is 9.97. The van der Waals surface area contributed by atoms with Crippen LogP contribution < -0.4 is 9.96 Å². The molecule has 0 saturated carbocycles. The number of halogens is 4. The molecule has 0 spiro atoms. The third kappa shape index (κ3) is 7.93. The number of amides is 1. The molecule has 4 heterocycles. The van der Waals surface area contributed by atoms with Gasteiger partial charge in [0.05, 0.1) is 11.6 Å². The number of hydrogen-bond acceptors (Lipinski definition) is 12. The fourth-order valence-electron chi connectivity index (χ4n) is 4.76. The minimum absolute atomic E-state index is 0.0143. The molecule has 0 aliphatic carbocycles. The lowest BCUT2D eigenvalue weighted by Gasteiger charge is -2.31. The number of alkyl halides is 3. The van der Waals surface area contributed by atoms with Crippen molar-refractivity contribution >= 4 is 33.2 Å². The molecule has 18 heteroatoms. The molecule has 1 aromatic carbocycles. The van der Waals surface area contributed by atoms with Gasteiger partial charge < -0.3 is 9.64 Å². The van der Waals surface area contributed by atoms with Crippen LogP contribution in [0.5, 0.6) is 5.88 Å². The summed E-state index contributed by atoms with van der Waals surface area (Å²) in [7, 11) is -3.95. The number of likely N-dealkylation sites (tertiary alicyclic amines) is 1. The zero-order valence-corrected chi connectivity index (χ0v) is 25.2. The van der Waals surface area contributed by atoms with Crippen LogP contribution in [0.15, 0.2) is 42.6 Å². The molecule has 0 radical (unpaired) electrons. The largest absolute Gasteiger partial charge is 0.466 e. The second-order valence-corrected chi connectivity index (χ2v) is 12.5. The standard InChI is InChI=1S/C27H27F4N5O7S2/c1-2-11-43-45(38,39)16-18-3-4-21(28)20-13-42-36(41-12-19(18)20)22-15-44-26(34-22)17-5-9-35(10-6-17)23(37)14-40-25-24(27(29,30)31)32-7-8-33-25/h2-4,7-8,15,17H,1,5-6,9-14,16H2. The van der Waals surface area contributed by atoms with Crippen molar-refractivity contribution in [3.8, 4) is 5.88 Å². The molecule has 242 valence electrons. The molecule has 1 fully saturated rings. The van der Waals surface area contributed by atoms with E-state index < -0.39 is 52.0 Å². The fraction of sp³-hybridized carbons (Fsp3) is 0.407. The average molecular weight is 674 g/mol. The number of piperidine rings is 1. The summed E-state index contributed by atoms with van der Waals surface area (Å²) in [5.74, 6) is -2.01. The van der Waals surface area contributed by atoms with E-state index in [1.807, 2.05) is 0 Å². The summed E-state index contributed by atoms with van der Waals surface area (Å²) < 4.78 is 88.6. The Bertz CT molecular complexity index is 1650. The number of hydrogen-bond donors (Lipinski definition) is 0. The Balaban J connectivity index is 1.17. The quantitative estimate of drug-likeness (QED) is 0.173. The van der Waals surface area contributed by atoms with Crippen molar-refractivity contribution in [3.63, 3.8) is 0 Å². The van der Waals surface area contributed by atoms with E-state index in [4.69, 9.17) is 18.6 Å². The van der Waals surface area contributed by atoms with Crippen molar-refractivity contribution in [1.82, 2.24) is 19.9 Å². The van der Waals surface area contributed by atoms with Gasteiger partial charge in [0.1, 0.15) is 24.8 Å². The van der Waals surface area contributed by atoms with Gasteiger partial charge in [-0.3, -0.25) is 8.98 Å². The number of carbonyl (C=O) groups is 1. The molecule has 0 unspecified atom stereocenters. The molecule has 45 heavy (non-hydrogen) atoms. The lowest BCUT2D eigenvalue weighted by atomic mass is 9.97. The van der Waals surface area contributed by atoms with Crippen molar-refractivity contribution in [3.05, 3.63) is 75.8 Å². The SMILES string of the molecule is C=CCOS(=O)(=O)Cc1ccc(F)c2c1CON(c1csc(C3CCN(C(=O)COc4nccnc4C(F)(F)F)CC3)n1)OC2. The third-order valence-electron chi connectivity index (χ3n) is 6.98. The van der Waals surface area contributed by atoms with Crippen LogP contribution in [0.4, 0.5) is 23.4 Å². The fourth-order valence-corrected chi connectivity index (χ4v) is 6.73. The van der Waals surface area contributed by atoms with Crippen LogP contribution in [0.1, 0.15) is 46.2 Å². The molecule has 2 aliphatic rings. The first-order valence-corrected chi connectivity index (χ1v) is 16.0. The van der Waals surface area contributed by atoms with Crippen LogP contribution in [0.3, 0.4) is 0 Å². The number of aromatic nitrogens is 3. The van der Waals surface area contributed by atoms with Crippen LogP contribution in [0.2, 0.25) is 0 Å². The van der Waals surface area contributed by atoms with Gasteiger partial charge in [-0.15, -0.1) is 23.1 Å². The number of rotatable bonds is 10. The zero-order chi connectivity index (χ0) is 32.2. The Morgan fingerprint density at radius 1 is 1.13 bits per heavy atom. The number of nitrogens with zero attached hydrogens (tertiary/aromatic N) is 5. The van der Waals surface area contributed by atoms with Gasteiger partial charge in [0.25, 0.3) is 16.0 Å². The Labute approximate surface area is 259 Å². The molecule has 1 saturated heterocycles. The predicted molar refractivity (Wildman–Crippen MR) is 150 cm³/mol. The predicted octanol–water partition coefficient (Wildman–Crippen LogP) is 4.29. The summed E-state index contributed by atoms with van der Waals surface area (Å²) in [5, 5.41) is 3.50. The molecule has 2 aliphatic heterocycles. The minimum Gasteiger partial charge on any atom is -0.466 e. The van der Waals surface area contributed by atoms with Crippen LogP contribution in [-0.2, 0) is 53.9 Å². The molecular weight excluding hydrogens is 646 g/mol. The number of carbonyl (C=O) groups excluding carboxylic acids is 1. The van der Waals surface area contributed by atoms with E-state index in [2.05, 4.69) is 21.5 Å². The van der Waals surface area contributed by atoms with Gasteiger partial charge in [0.2, 0.25) is 11.6 Å². The van der Waals surface area contributed by atoms with Gasteiger partial charge in [-0.05, 0) is 30.0 Å². The van der Waals surface area contributed by atoms with Gasteiger partial charge in [-0.2, -0.15) is 21.6 Å². The number of fused-ring (bicyclic) bond motifs is 1. The van der Waals surface area contributed by atoms with E-state index >= 15 is 0 Å². The highest BCUT2D eigenvalue weighted by Crippen LogP contribution is 2.35. The van der Waals surface area contributed by atoms with Crippen LogP contribution in [-0.4, -0.2) is 60.5 Å². The molecule has 12 nitrogen and oxygen atoms in total. The van der Waals surface area contributed by atoms with Crippen molar-refractivity contribution < 1.29 is 49.4 Å². The van der Waals surface area contributed by atoms with Gasteiger partial charge in [0, 0.05) is 42.3 Å². The van der Waals surface area contributed by atoms with E-state index in [1.165, 1.54) is 28.4 Å². The summed E-state index contributed by atoms with van der Waals surface area (Å²) in [4.78, 5) is 36.9. The first kappa shape index (κ1) is 32.7. The monoisotopic (exact) mass is 673 g/mol. The number of anilines is 1. The maximum atomic E-state index is 14.7. The Morgan fingerprint density at radius 2 is 1.84 bits per heavy atom. The maximum absolute atomic E-state index is 14.7. The zero-order valence-electron chi connectivity index (χ0n) is 23.5. The lowest BCUT2D eigenvalue weighted by Crippen LogP contribution is -2.40. The normalized spacial score (nSPS) is 16.3. The summed E-state index contributed by atoms with van der Waals surface area (Å²) in [6.07, 6.45) is -0.436. The first-order chi connectivity index (χ1) is 21.4. The molecule has 3 aromatic rings. The molecule has 0 atom stereocenters. The Hall–Kier alpha value is -3.71. The van der Waals surface area contributed by atoms with Crippen LogP contribution in [0, 0.1) is 5.82 Å². The number of benzene rings is 1. The van der Waals surface area contributed by atoms with Crippen LogP contribution >= 0.6 is 11.3 Å². The highest BCUT2D eigenvalue weighted by atomic mass is 32.2. The average Bonchev–Trinajstić information content (AvgIpc) is 3.39. The van der Waals surface area contributed by atoms with E-state index in [0.29, 0.717) is 42.9 Å². The van der Waals surface area contributed by atoms with E-state index in [9.17, 15) is 30.8 Å². The second-order valence-electron chi connectivity index (χ2n) is 9.94. The number of thiazole rings is 1. The smallest absolute Gasteiger partial charge is 0.438 e. The summed E-state index contributed by atoms with van der Waals surface area (Å²) in [5.41, 5.74) is -0.512. The van der Waals surface area contributed by atoms with Gasteiger partial charge in [-0.1, -0.05) is 12.1 Å². The minimum atomic E-state index is -4.77. The maximum Gasteiger partial charge on any atom is 0.438 e. The molecule has 0 N–H and O–H groups in total. The summed E-state index contributed by atoms with van der Waals surface area (Å²) in [6.45, 7) is 2.87.